The summed E-state index contributed by atoms with van der Waals surface area (Å²) >= 11 is 0. The molecule has 0 saturated carbocycles. The number of nitrogens with one attached hydrogen (secondary N) is 2. The predicted molar refractivity (Wildman–Crippen MR) is 106 cm³/mol. The summed E-state index contributed by atoms with van der Waals surface area (Å²) in [6.07, 6.45) is 0.960. The Morgan fingerprint density at radius 2 is 1.93 bits per heavy atom. The first-order valence-electron chi connectivity index (χ1n) is 9.28. The molecule has 1 aromatic carbocycles. The molecule has 2 rings (SSSR count). The third-order valence-corrected chi connectivity index (χ3v) is 7.49. The van der Waals surface area contributed by atoms with Crippen LogP contribution >= 0.6 is 0 Å². The molecule has 1 heterocycles. The fourth-order valence-electron chi connectivity index (χ4n) is 2.76. The largest absolute Gasteiger partial charge is 0.381 e. The molecule has 1 atom stereocenters. The molecule has 2 N–H and O–H groups in total. The van der Waals surface area contributed by atoms with Crippen LogP contribution in [0.2, 0.25) is 0 Å². The molecule has 8 nitrogen and oxygen atoms in total. The molecule has 0 aliphatic carbocycles. The number of ether oxygens (including phenoxy) is 1. The van der Waals surface area contributed by atoms with Crippen LogP contribution in [-0.4, -0.2) is 60.0 Å². The summed E-state index contributed by atoms with van der Waals surface area (Å²) in [5.74, 6) is -0.0188. The summed E-state index contributed by atoms with van der Waals surface area (Å²) in [5, 5.41) is 2.76. The fourth-order valence-corrected chi connectivity index (χ4v) is 5.81. The zero-order chi connectivity index (χ0) is 20.8. The van der Waals surface area contributed by atoms with Crippen LogP contribution < -0.4 is 10.0 Å². The van der Waals surface area contributed by atoms with Crippen LogP contribution in [0.1, 0.15) is 37.0 Å². The molecular formula is C18H28N2O6S2. The van der Waals surface area contributed by atoms with Crippen molar-refractivity contribution >= 4 is 25.8 Å². The molecule has 1 amide bonds. The number of hydrogen-bond acceptors (Lipinski definition) is 6. The maximum absolute atomic E-state index is 12.4. The third kappa shape index (κ3) is 7.16. The van der Waals surface area contributed by atoms with Gasteiger partial charge in [-0.2, -0.15) is 0 Å². The highest BCUT2D eigenvalue weighted by Gasteiger charge is 2.31. The van der Waals surface area contributed by atoms with Crippen LogP contribution in [-0.2, 0) is 24.6 Å². The van der Waals surface area contributed by atoms with Crippen LogP contribution in [0.5, 0.6) is 0 Å². The maximum atomic E-state index is 12.4. The lowest BCUT2D eigenvalue weighted by Gasteiger charge is -2.12. The van der Waals surface area contributed by atoms with Gasteiger partial charge in [-0.15, -0.1) is 0 Å². The van der Waals surface area contributed by atoms with E-state index in [1.54, 1.807) is 0 Å². The second-order valence-electron chi connectivity index (χ2n) is 7.32. The van der Waals surface area contributed by atoms with Gasteiger partial charge in [-0.05, 0) is 43.0 Å². The Bertz CT molecular complexity index is 864. The number of sulfonamides is 1. The smallest absolute Gasteiger partial charge is 0.251 e. The van der Waals surface area contributed by atoms with Crippen molar-refractivity contribution in [1.82, 2.24) is 10.0 Å². The lowest BCUT2D eigenvalue weighted by atomic mass is 10.2. The molecule has 1 aromatic rings. The molecule has 1 saturated heterocycles. The fraction of sp³-hybridized carbons (Fsp3) is 0.611. The average Bonchev–Trinajstić information content (AvgIpc) is 2.95. The zero-order valence-corrected chi connectivity index (χ0v) is 17.8. The number of carbonyl (C=O) groups excluding carboxylic acids is 1. The van der Waals surface area contributed by atoms with E-state index >= 15 is 0 Å². The van der Waals surface area contributed by atoms with Gasteiger partial charge in [0.05, 0.1) is 16.4 Å². The molecular weight excluding hydrogens is 404 g/mol. The van der Waals surface area contributed by atoms with E-state index in [0.29, 0.717) is 37.7 Å². The number of amides is 1. The van der Waals surface area contributed by atoms with Crippen molar-refractivity contribution in [2.24, 2.45) is 5.92 Å². The normalized spacial score (nSPS) is 19.0. The van der Waals surface area contributed by atoms with Gasteiger partial charge in [0.25, 0.3) is 5.91 Å². The van der Waals surface area contributed by atoms with Crippen LogP contribution in [0.3, 0.4) is 0 Å². The molecule has 0 aromatic heterocycles. The SMILES string of the molecule is CC(C)COCCCNC(=O)c1ccc(S(=O)(=O)NC2CCS(=O)(=O)C2)cc1. The number of benzene rings is 1. The summed E-state index contributed by atoms with van der Waals surface area (Å²) in [6, 6.07) is 4.93. The minimum absolute atomic E-state index is 0.00423. The second-order valence-corrected chi connectivity index (χ2v) is 11.3. The lowest BCUT2D eigenvalue weighted by Crippen LogP contribution is -2.35. The van der Waals surface area contributed by atoms with Crippen molar-refractivity contribution in [3.63, 3.8) is 0 Å². The Hall–Kier alpha value is -1.49. The highest BCUT2D eigenvalue weighted by Crippen LogP contribution is 2.16. The highest BCUT2D eigenvalue weighted by molar-refractivity contribution is 7.92. The number of hydrogen-bond donors (Lipinski definition) is 2. The van der Waals surface area contributed by atoms with Gasteiger partial charge in [0.2, 0.25) is 10.0 Å². The molecule has 10 heteroatoms. The third-order valence-electron chi connectivity index (χ3n) is 4.18. The number of carbonyl (C=O) groups is 1. The average molecular weight is 433 g/mol. The Labute approximate surface area is 167 Å². The first-order valence-corrected chi connectivity index (χ1v) is 12.6. The maximum Gasteiger partial charge on any atom is 0.251 e. The van der Waals surface area contributed by atoms with Gasteiger partial charge in [0, 0.05) is 31.4 Å². The molecule has 0 bridgehead atoms. The van der Waals surface area contributed by atoms with Gasteiger partial charge in [0.15, 0.2) is 9.84 Å². The van der Waals surface area contributed by atoms with E-state index < -0.39 is 25.9 Å². The van der Waals surface area contributed by atoms with Crippen LogP contribution in [0.25, 0.3) is 0 Å². The first kappa shape index (κ1) is 22.8. The summed E-state index contributed by atoms with van der Waals surface area (Å²) in [6.45, 7) is 5.85. The molecule has 1 aliphatic heterocycles. The Morgan fingerprint density at radius 1 is 1.25 bits per heavy atom. The summed E-state index contributed by atoms with van der Waals surface area (Å²) in [7, 11) is -7.01. The van der Waals surface area contributed by atoms with Gasteiger partial charge in [-0.1, -0.05) is 13.8 Å². The van der Waals surface area contributed by atoms with Crippen LogP contribution in [0.15, 0.2) is 29.2 Å². The van der Waals surface area contributed by atoms with Crippen LogP contribution in [0, 0.1) is 5.92 Å². The topological polar surface area (TPSA) is 119 Å². The van der Waals surface area contributed by atoms with E-state index in [4.69, 9.17) is 4.74 Å². The summed E-state index contributed by atoms with van der Waals surface area (Å²) < 4.78 is 55.6. The van der Waals surface area contributed by atoms with E-state index in [1.807, 2.05) is 0 Å². The Kier molecular flexibility index (Phi) is 7.99. The molecule has 1 unspecified atom stereocenters. The van der Waals surface area contributed by atoms with E-state index in [0.717, 1.165) is 0 Å². The van der Waals surface area contributed by atoms with E-state index in [1.165, 1.54) is 24.3 Å². The molecule has 0 radical (unpaired) electrons. The van der Waals surface area contributed by atoms with E-state index in [-0.39, 0.29) is 28.7 Å². The zero-order valence-electron chi connectivity index (χ0n) is 16.2. The monoisotopic (exact) mass is 432 g/mol. The van der Waals surface area contributed by atoms with Crippen LogP contribution in [0.4, 0.5) is 0 Å². The number of sulfone groups is 1. The molecule has 28 heavy (non-hydrogen) atoms. The highest BCUT2D eigenvalue weighted by atomic mass is 32.2. The predicted octanol–water partition coefficient (Wildman–Crippen LogP) is 0.945. The first-order chi connectivity index (χ1) is 13.1. The van der Waals surface area contributed by atoms with Crippen molar-refractivity contribution in [2.45, 2.75) is 37.6 Å². The molecule has 158 valence electrons. The van der Waals surface area contributed by atoms with Gasteiger partial charge < -0.3 is 10.1 Å². The van der Waals surface area contributed by atoms with Gasteiger partial charge in [-0.3, -0.25) is 4.79 Å². The summed E-state index contributed by atoms with van der Waals surface area (Å²) in [5.41, 5.74) is 0.352. The van der Waals surface area contributed by atoms with E-state index in [9.17, 15) is 21.6 Å². The lowest BCUT2D eigenvalue weighted by molar-refractivity contribution is 0.0925. The standard InChI is InChI=1S/C18H28N2O6S2/c1-14(2)12-26-10-3-9-19-18(21)15-4-6-17(7-5-15)28(24,25)20-16-8-11-27(22,23)13-16/h4-7,14,16,20H,3,8-13H2,1-2H3,(H,19,21). The molecule has 0 spiro atoms. The van der Waals surface area contributed by atoms with Crippen molar-refractivity contribution in [3.8, 4) is 0 Å². The number of rotatable bonds is 10. The molecule has 1 aliphatic rings. The Balaban J connectivity index is 1.84. The van der Waals surface area contributed by atoms with Crippen molar-refractivity contribution in [2.75, 3.05) is 31.3 Å². The summed E-state index contributed by atoms with van der Waals surface area (Å²) in [4.78, 5) is 12.1. The Morgan fingerprint density at radius 3 is 2.50 bits per heavy atom. The molecule has 1 fully saturated rings. The van der Waals surface area contributed by atoms with Gasteiger partial charge in [-0.25, -0.2) is 21.6 Å². The van der Waals surface area contributed by atoms with Crippen molar-refractivity contribution < 1.29 is 26.4 Å². The van der Waals surface area contributed by atoms with Gasteiger partial charge in [0.1, 0.15) is 0 Å². The minimum Gasteiger partial charge on any atom is -0.381 e. The second kappa shape index (κ2) is 9.82. The van der Waals surface area contributed by atoms with Crippen molar-refractivity contribution in [3.05, 3.63) is 29.8 Å². The van der Waals surface area contributed by atoms with Gasteiger partial charge >= 0.3 is 0 Å². The van der Waals surface area contributed by atoms with E-state index in [2.05, 4.69) is 23.9 Å². The minimum atomic E-state index is -3.83. The quantitative estimate of drug-likeness (QED) is 0.531. The van der Waals surface area contributed by atoms with Crippen molar-refractivity contribution in [1.29, 1.82) is 0 Å².